The van der Waals surface area contributed by atoms with Crippen molar-refractivity contribution in [3.8, 4) is 0 Å². The number of hydrogen-bond acceptors (Lipinski definition) is 27. The van der Waals surface area contributed by atoms with Gasteiger partial charge in [-0.05, 0) is 93.8 Å². The van der Waals surface area contributed by atoms with Gasteiger partial charge in [-0.2, -0.15) is 16.8 Å². The molecule has 1 unspecified atom stereocenters. The fourth-order valence-electron chi connectivity index (χ4n) is 16.5. The molecule has 5 heterocycles. The van der Waals surface area contributed by atoms with Crippen molar-refractivity contribution in [3.05, 3.63) is 11.6 Å². The Morgan fingerprint density at radius 3 is 1.95 bits per heavy atom. The number of carbonyl (C=O) groups excluding carboxylic acids is 1. The minimum absolute atomic E-state index is 0.153. The zero-order chi connectivity index (χ0) is 62.7. The van der Waals surface area contributed by atoms with Gasteiger partial charge in [0.05, 0.1) is 38.1 Å². The van der Waals surface area contributed by atoms with Crippen LogP contribution in [0.4, 0.5) is 0 Å². The van der Waals surface area contributed by atoms with E-state index in [9.17, 15) is 81.8 Å². The molecule has 0 aromatic rings. The first-order chi connectivity index (χ1) is 39.4. The van der Waals surface area contributed by atoms with Crippen molar-refractivity contribution in [2.45, 2.75) is 253 Å². The number of rotatable bonds is 19. The van der Waals surface area contributed by atoms with E-state index in [2.05, 4.69) is 31.0 Å². The Morgan fingerprint density at radius 2 is 1.33 bits per heavy atom. The fourth-order valence-corrected chi connectivity index (χ4v) is 17.3. The van der Waals surface area contributed by atoms with Gasteiger partial charge in [-0.3, -0.25) is 13.9 Å². The van der Waals surface area contributed by atoms with E-state index in [-0.39, 0.29) is 24.7 Å². The largest absolute Gasteiger partial charge is 0.456 e. The summed E-state index contributed by atoms with van der Waals surface area (Å²) in [6.45, 7) is 12.9. The van der Waals surface area contributed by atoms with Gasteiger partial charge < -0.3 is 98.4 Å². The SMILES string of the molecule is CO[C@@H]1[C@@H](O)[C@H](O[C@@H]2[C@@H](O)[C@H](O[C@H]3[C@H](O)[C@@H](O)[C@H](O[C@H]4[C@H](O[C@H]5CC[C@@]6(C)C(CC=C7[C@@H]6C[C@H](O)[C@]68C(=O)O[C@](C)(CCCC(C)C)[C@@]6(O)CC[C@@]78C)C5(C)C)OC[C@@H](OS(=O)(=O)O)[C@@H]4O)O[C@@H]3C)O[C@H](COS(=O)(=O)O)[C@H]2O)O[C@H](CO)[C@H]1O. The van der Waals surface area contributed by atoms with Crippen LogP contribution in [0.15, 0.2) is 11.6 Å². The molecule has 28 atom stereocenters. The lowest BCUT2D eigenvalue weighted by Gasteiger charge is -2.65. The summed E-state index contributed by atoms with van der Waals surface area (Å²) in [5.41, 5.74) is -5.59. The van der Waals surface area contributed by atoms with Crippen molar-refractivity contribution in [2.24, 2.45) is 39.4 Å². The Kier molecular flexibility index (Phi) is 19.4. The number of aliphatic hydroxyl groups excluding tert-OH is 9. The quantitative estimate of drug-likeness (QED) is 0.0395. The number of allylic oxidation sites excluding steroid dienone is 2. The van der Waals surface area contributed by atoms with E-state index in [0.29, 0.717) is 38.0 Å². The second kappa shape index (κ2) is 24.3. The van der Waals surface area contributed by atoms with Gasteiger partial charge in [0.15, 0.2) is 25.2 Å². The van der Waals surface area contributed by atoms with Gasteiger partial charge in [-0.15, -0.1) is 0 Å². The number of ether oxygens (including phenoxy) is 10. The van der Waals surface area contributed by atoms with Gasteiger partial charge in [0.2, 0.25) is 0 Å². The molecule has 5 saturated heterocycles. The monoisotopic (exact) mass is 1260 g/mol. The van der Waals surface area contributed by atoms with E-state index in [1.165, 1.54) is 6.92 Å². The molecule has 490 valence electrons. The highest BCUT2D eigenvalue weighted by molar-refractivity contribution is 7.81. The van der Waals surface area contributed by atoms with Crippen molar-refractivity contribution in [1.29, 1.82) is 0 Å². The van der Waals surface area contributed by atoms with Crippen molar-refractivity contribution in [3.63, 3.8) is 0 Å². The molecule has 5 aliphatic heterocycles. The first-order valence-corrected chi connectivity index (χ1v) is 31.9. The van der Waals surface area contributed by atoms with Gasteiger partial charge in [0.25, 0.3) is 0 Å². The fraction of sp³-hybridized carbons (Fsp3) is 0.944. The number of methoxy groups -OCH3 is 1. The van der Waals surface area contributed by atoms with Crippen LogP contribution < -0.4 is 0 Å². The third-order valence-electron chi connectivity index (χ3n) is 21.0. The third kappa shape index (κ3) is 11.6. The van der Waals surface area contributed by atoms with E-state index in [0.717, 1.165) is 25.5 Å². The Labute approximate surface area is 493 Å². The average molecular weight is 1270 g/mol. The van der Waals surface area contributed by atoms with Crippen LogP contribution in [0.3, 0.4) is 0 Å². The minimum Gasteiger partial charge on any atom is -0.456 e. The number of cyclic esters (lactones) is 1. The van der Waals surface area contributed by atoms with Crippen LogP contribution in [0.5, 0.6) is 0 Å². The molecule has 9 rings (SSSR count). The zero-order valence-electron chi connectivity index (χ0n) is 49.0. The summed E-state index contributed by atoms with van der Waals surface area (Å²) in [6, 6.07) is 0. The highest BCUT2D eigenvalue weighted by atomic mass is 32.3. The van der Waals surface area contributed by atoms with Crippen molar-refractivity contribution in [1.82, 2.24) is 0 Å². The summed E-state index contributed by atoms with van der Waals surface area (Å²) < 4.78 is 135. The molecule has 29 nitrogen and oxygen atoms in total. The minimum atomic E-state index is -5.23. The Balaban J connectivity index is 0.924. The summed E-state index contributed by atoms with van der Waals surface area (Å²) in [5.74, 6) is -0.552. The average Bonchev–Trinajstić information content (AvgIpc) is 1.58. The number of hydrogen-bond donors (Lipinski definition) is 12. The molecule has 1 spiro atoms. The maximum Gasteiger partial charge on any atom is 0.397 e. The summed E-state index contributed by atoms with van der Waals surface area (Å²) in [5, 5.41) is 115. The van der Waals surface area contributed by atoms with Gasteiger partial charge in [-0.1, -0.05) is 59.6 Å². The molecule has 0 aromatic carbocycles. The van der Waals surface area contributed by atoms with E-state index < -0.39 is 208 Å². The number of fused-ring (bicyclic) bond motifs is 4. The van der Waals surface area contributed by atoms with Crippen LogP contribution in [0.25, 0.3) is 0 Å². The highest BCUT2D eigenvalue weighted by Gasteiger charge is 2.86. The molecule has 31 heteroatoms. The lowest BCUT2D eigenvalue weighted by molar-refractivity contribution is -0.389. The van der Waals surface area contributed by atoms with Crippen LogP contribution in [0.1, 0.15) is 113 Å². The number of carbonyl (C=O) groups is 1. The van der Waals surface area contributed by atoms with Crippen LogP contribution in [-0.2, 0) is 81.3 Å². The molecule has 85 heavy (non-hydrogen) atoms. The van der Waals surface area contributed by atoms with Crippen LogP contribution in [0, 0.1) is 39.4 Å². The number of aliphatic hydroxyl groups is 10. The molecule has 0 bridgehead atoms. The standard InChI is InChI=1S/C54H88O29S2/c1-23(2)11-10-15-52(8)53(65)18-17-51(7)25-12-13-30-49(4,5)32(14-16-50(30,6)26(25)19-31(56)54(51,53)48(64)82-52)78-47-43(35(59)29(21-73-47)83-85(69,70)71)81-44-37(61)36(60)40(24(3)75-44)79-46-39(63)42(34(58)28(77-46)22-74-84(66,67)68)80-45-38(62)41(72-9)33(57)27(20-55)76-45/h12,23-24,26-47,55-63,65H,10-11,13-22H2,1-9H3,(H,66,67,68)(H,69,70,71)/t24-,26+,27-,28-,29-,30?,31+,32+,33-,34-,35+,36-,37-,38-,39-,40-,41+,42+,43-,44+,45+,46+,47+,50-,51+,52-,53+,54-/m1/s1. The molecular weight excluding hydrogens is 1180 g/mol. The maximum atomic E-state index is 14.5. The summed E-state index contributed by atoms with van der Waals surface area (Å²) in [6.07, 6.45) is -30.1. The molecule has 4 aliphatic carbocycles. The van der Waals surface area contributed by atoms with Gasteiger partial charge >= 0.3 is 26.8 Å². The predicted molar refractivity (Wildman–Crippen MR) is 284 cm³/mol. The normalized spacial score (nSPS) is 50.0. The Bertz CT molecular complexity index is 2650. The predicted octanol–water partition coefficient (Wildman–Crippen LogP) is -1.57. The molecule has 8 fully saturated rings. The Hall–Kier alpha value is -1.81. The molecular formula is C54H88O29S2. The molecule has 0 aromatic heterocycles. The van der Waals surface area contributed by atoms with Gasteiger partial charge in [0.1, 0.15) is 102 Å². The van der Waals surface area contributed by atoms with Gasteiger partial charge in [0, 0.05) is 12.5 Å². The highest BCUT2D eigenvalue weighted by Crippen LogP contribution is 2.77. The van der Waals surface area contributed by atoms with Crippen LogP contribution in [-0.4, -0.2) is 250 Å². The lowest BCUT2D eigenvalue weighted by atomic mass is 9.39. The first kappa shape index (κ1) is 67.6. The molecule has 3 saturated carbocycles. The molecule has 12 N–H and O–H groups in total. The van der Waals surface area contributed by atoms with E-state index in [4.69, 9.17) is 51.6 Å². The number of esters is 1. The zero-order valence-corrected chi connectivity index (χ0v) is 50.7. The second-order valence-corrected chi connectivity index (χ2v) is 28.7. The molecule has 0 radical (unpaired) electrons. The summed E-state index contributed by atoms with van der Waals surface area (Å²) in [4.78, 5) is 14.5. The van der Waals surface area contributed by atoms with Crippen molar-refractivity contribution < 1.29 is 138 Å². The second-order valence-electron chi connectivity index (χ2n) is 26.5. The first-order valence-electron chi connectivity index (χ1n) is 29.2. The van der Waals surface area contributed by atoms with Crippen molar-refractivity contribution in [2.75, 3.05) is 26.9 Å². The third-order valence-corrected chi connectivity index (χ3v) is 21.9. The topological polar surface area (TPSA) is 439 Å². The lowest BCUT2D eigenvalue weighted by Crippen LogP contribution is -2.68. The maximum absolute atomic E-state index is 14.5. The molecule has 9 aliphatic rings. The van der Waals surface area contributed by atoms with Crippen LogP contribution >= 0.6 is 0 Å². The van der Waals surface area contributed by atoms with Crippen LogP contribution in [0.2, 0.25) is 0 Å². The summed E-state index contributed by atoms with van der Waals surface area (Å²) in [7, 11) is -9.29. The Morgan fingerprint density at radius 1 is 0.718 bits per heavy atom. The van der Waals surface area contributed by atoms with Gasteiger partial charge in [-0.25, -0.2) is 8.37 Å². The smallest absolute Gasteiger partial charge is 0.397 e. The van der Waals surface area contributed by atoms with E-state index in [1.54, 1.807) is 6.92 Å². The van der Waals surface area contributed by atoms with E-state index >= 15 is 0 Å². The molecule has 0 amide bonds. The van der Waals surface area contributed by atoms with Crippen molar-refractivity contribution >= 4 is 26.8 Å². The van der Waals surface area contributed by atoms with E-state index in [1.807, 2.05) is 20.8 Å². The summed E-state index contributed by atoms with van der Waals surface area (Å²) >= 11 is 0.